The largest absolute Gasteiger partial charge is 0.497 e. The lowest BCUT2D eigenvalue weighted by Gasteiger charge is -2.22. The quantitative estimate of drug-likeness (QED) is 0.413. The van der Waals surface area contributed by atoms with E-state index in [1.165, 1.54) is 0 Å². The molecule has 2 aromatic carbocycles. The smallest absolute Gasteiger partial charge is 0.316 e. The van der Waals surface area contributed by atoms with Crippen LogP contribution in [0.3, 0.4) is 0 Å². The van der Waals surface area contributed by atoms with Gasteiger partial charge in [-0.25, -0.2) is 0 Å². The van der Waals surface area contributed by atoms with Gasteiger partial charge in [0.15, 0.2) is 11.4 Å². The van der Waals surface area contributed by atoms with Crippen LogP contribution in [0.1, 0.15) is 45.1 Å². The number of nitrogens with one attached hydrogen (secondary N) is 1. The summed E-state index contributed by atoms with van der Waals surface area (Å²) in [6.45, 7) is 11.5. The Morgan fingerprint density at radius 3 is 2.28 bits per heavy atom. The summed E-state index contributed by atoms with van der Waals surface area (Å²) in [5.41, 5.74) is 0.845. The van der Waals surface area contributed by atoms with Gasteiger partial charge in [0, 0.05) is 24.2 Å². The van der Waals surface area contributed by atoms with Crippen molar-refractivity contribution in [3.63, 3.8) is 0 Å². The molecule has 8 heteroatoms. The molecule has 0 bridgehead atoms. The van der Waals surface area contributed by atoms with Crippen LogP contribution in [0.15, 0.2) is 48.5 Å². The number of carbonyl (C=O) groups is 2. The lowest BCUT2D eigenvalue weighted by molar-refractivity contribution is -0.142. The number of amides is 1. The maximum absolute atomic E-state index is 13.6. The molecule has 1 atom stereocenters. The average molecular weight is 496 g/mol. The number of nitrogens with zero attached hydrogens (tertiary/aromatic N) is 2. The molecule has 194 valence electrons. The number of likely N-dealkylation sites (N-methyl/N-ethyl adjacent to an activating group) is 1. The lowest BCUT2D eigenvalue weighted by atomic mass is 9.97. The number of fused-ring (bicyclic) bond motifs is 1. The number of ether oxygens (including phenoxy) is 2. The molecule has 0 aliphatic heterocycles. The van der Waals surface area contributed by atoms with Gasteiger partial charge in [-0.05, 0) is 70.3 Å². The van der Waals surface area contributed by atoms with Crippen LogP contribution in [0.25, 0.3) is 16.6 Å². The molecule has 1 amide bonds. The highest BCUT2D eigenvalue weighted by Gasteiger charge is 2.31. The minimum Gasteiger partial charge on any atom is -0.497 e. The molecule has 3 rings (SSSR count). The van der Waals surface area contributed by atoms with Crippen molar-refractivity contribution in [2.24, 2.45) is 5.41 Å². The normalized spacial score (nSPS) is 12.6. The summed E-state index contributed by atoms with van der Waals surface area (Å²) in [4.78, 5) is 28.6. The zero-order valence-corrected chi connectivity index (χ0v) is 22.0. The number of hydrogen-bond acceptors (Lipinski definition) is 6. The molecule has 0 aliphatic carbocycles. The predicted octanol–water partition coefficient (Wildman–Crippen LogP) is 4.02. The molecule has 1 unspecified atom stereocenters. The molecule has 8 nitrogen and oxygen atoms in total. The van der Waals surface area contributed by atoms with Gasteiger partial charge >= 0.3 is 5.97 Å². The predicted molar refractivity (Wildman–Crippen MR) is 141 cm³/mol. The minimum absolute atomic E-state index is 0.0616. The number of esters is 1. The van der Waals surface area contributed by atoms with Gasteiger partial charge in [-0.1, -0.05) is 26.0 Å². The number of rotatable bonds is 10. The van der Waals surface area contributed by atoms with Crippen LogP contribution in [-0.4, -0.2) is 65.8 Å². The van der Waals surface area contributed by atoms with E-state index in [4.69, 9.17) is 9.47 Å². The fourth-order valence-electron chi connectivity index (χ4n) is 3.90. The van der Waals surface area contributed by atoms with Crippen LogP contribution >= 0.6 is 0 Å². The Morgan fingerprint density at radius 2 is 1.69 bits per heavy atom. The maximum atomic E-state index is 13.6. The Labute approximate surface area is 212 Å². The van der Waals surface area contributed by atoms with Gasteiger partial charge in [0.1, 0.15) is 5.75 Å². The number of hydrogen-bond donors (Lipinski definition) is 2. The molecule has 3 aromatic rings. The fourth-order valence-corrected chi connectivity index (χ4v) is 3.90. The third-order valence-corrected chi connectivity index (χ3v) is 6.04. The summed E-state index contributed by atoms with van der Waals surface area (Å²) < 4.78 is 12.9. The second-order valence-corrected chi connectivity index (χ2v) is 9.72. The van der Waals surface area contributed by atoms with Gasteiger partial charge in [-0.15, -0.1) is 0 Å². The Kier molecular flexibility index (Phi) is 8.76. The second kappa shape index (κ2) is 11.6. The molecule has 0 fully saturated rings. The number of aromatic nitrogens is 1. The van der Waals surface area contributed by atoms with Gasteiger partial charge in [0.2, 0.25) is 0 Å². The fraction of sp³-hybridized carbons (Fsp3) is 0.429. The highest BCUT2D eigenvalue weighted by molar-refractivity contribution is 6.06. The number of aliphatic hydroxyl groups is 1. The van der Waals surface area contributed by atoms with E-state index < -0.39 is 23.4 Å². The standard InChI is InChI=1S/C28H37N3O5/c1-7-30(8-2)18-20(32)17-29-26(33)24-25(36-27(34)28(3,4)5)22-11-9-10-12-23(22)31(24)19-13-15-21(35-6)16-14-19/h9-16,20,32H,7-8,17-18H2,1-6H3,(H,29,33). The zero-order chi connectivity index (χ0) is 26.5. The molecular weight excluding hydrogens is 458 g/mol. The summed E-state index contributed by atoms with van der Waals surface area (Å²) in [6.07, 6.45) is -0.742. The molecule has 1 heterocycles. The first-order chi connectivity index (χ1) is 17.1. The van der Waals surface area contributed by atoms with E-state index in [9.17, 15) is 14.7 Å². The Morgan fingerprint density at radius 1 is 1.06 bits per heavy atom. The van der Waals surface area contributed by atoms with E-state index in [2.05, 4.69) is 10.2 Å². The molecule has 0 saturated carbocycles. The molecular formula is C28H37N3O5. The first-order valence-electron chi connectivity index (χ1n) is 12.3. The van der Waals surface area contributed by atoms with Gasteiger partial charge in [-0.2, -0.15) is 0 Å². The van der Waals surface area contributed by atoms with Gasteiger partial charge in [-0.3, -0.25) is 9.59 Å². The van der Waals surface area contributed by atoms with Crippen molar-refractivity contribution in [1.29, 1.82) is 0 Å². The molecule has 0 spiro atoms. The van der Waals surface area contributed by atoms with Crippen LogP contribution in [-0.2, 0) is 4.79 Å². The SMILES string of the molecule is CCN(CC)CC(O)CNC(=O)c1c(OC(=O)C(C)(C)C)c2ccccc2n1-c1ccc(OC)cc1. The van der Waals surface area contributed by atoms with Crippen molar-refractivity contribution >= 4 is 22.8 Å². The zero-order valence-electron chi connectivity index (χ0n) is 22.0. The second-order valence-electron chi connectivity index (χ2n) is 9.72. The van der Waals surface area contributed by atoms with Crippen molar-refractivity contribution in [1.82, 2.24) is 14.8 Å². The first-order valence-corrected chi connectivity index (χ1v) is 12.3. The Balaban J connectivity index is 2.09. The van der Waals surface area contributed by atoms with Crippen LogP contribution in [0.5, 0.6) is 11.5 Å². The number of methoxy groups -OCH3 is 1. The van der Waals surface area contributed by atoms with E-state index in [1.807, 2.05) is 50.2 Å². The molecule has 0 saturated heterocycles. The number of carbonyl (C=O) groups excluding carboxylic acids is 2. The van der Waals surface area contributed by atoms with Crippen molar-refractivity contribution in [3.05, 3.63) is 54.2 Å². The maximum Gasteiger partial charge on any atom is 0.316 e. The number of para-hydroxylation sites is 1. The van der Waals surface area contributed by atoms with Gasteiger partial charge in [0.05, 0.1) is 24.1 Å². The van der Waals surface area contributed by atoms with Gasteiger partial charge in [0.25, 0.3) is 5.91 Å². The summed E-state index contributed by atoms with van der Waals surface area (Å²) in [7, 11) is 1.59. The summed E-state index contributed by atoms with van der Waals surface area (Å²) in [5, 5.41) is 14.0. The van der Waals surface area contributed by atoms with E-state index in [0.29, 0.717) is 28.9 Å². The van der Waals surface area contributed by atoms with E-state index >= 15 is 0 Å². The van der Waals surface area contributed by atoms with Crippen molar-refractivity contribution in [2.45, 2.75) is 40.7 Å². The minimum atomic E-state index is -0.767. The van der Waals surface area contributed by atoms with Crippen LogP contribution in [0, 0.1) is 5.41 Å². The topological polar surface area (TPSA) is 93.0 Å². The Bertz CT molecular complexity index is 1190. The summed E-state index contributed by atoms with van der Waals surface area (Å²) >= 11 is 0. The Hall–Kier alpha value is -3.36. The van der Waals surface area contributed by atoms with Crippen LogP contribution in [0.4, 0.5) is 0 Å². The van der Waals surface area contributed by atoms with Crippen molar-refractivity contribution in [3.8, 4) is 17.2 Å². The van der Waals surface area contributed by atoms with Crippen molar-refractivity contribution < 1.29 is 24.2 Å². The van der Waals surface area contributed by atoms with Crippen molar-refractivity contribution in [2.75, 3.05) is 33.3 Å². The van der Waals surface area contributed by atoms with Gasteiger partial charge < -0.3 is 29.4 Å². The average Bonchev–Trinajstić information content (AvgIpc) is 3.19. The molecule has 36 heavy (non-hydrogen) atoms. The molecule has 0 radical (unpaired) electrons. The van der Waals surface area contributed by atoms with E-state index in [-0.39, 0.29) is 18.0 Å². The molecule has 0 aliphatic rings. The molecule has 2 N–H and O–H groups in total. The third-order valence-electron chi connectivity index (χ3n) is 6.04. The van der Waals surface area contributed by atoms with E-state index in [0.717, 1.165) is 13.1 Å². The number of benzene rings is 2. The lowest BCUT2D eigenvalue weighted by Crippen LogP contribution is -2.40. The van der Waals surface area contributed by atoms with Crippen LogP contribution in [0.2, 0.25) is 0 Å². The van der Waals surface area contributed by atoms with E-state index in [1.54, 1.807) is 44.6 Å². The van der Waals surface area contributed by atoms with Crippen LogP contribution < -0.4 is 14.8 Å². The number of aliphatic hydroxyl groups excluding tert-OH is 1. The highest BCUT2D eigenvalue weighted by atomic mass is 16.5. The first kappa shape index (κ1) is 27.2. The highest BCUT2D eigenvalue weighted by Crippen LogP contribution is 2.37. The third kappa shape index (κ3) is 6.06. The monoisotopic (exact) mass is 495 g/mol. The summed E-state index contributed by atoms with van der Waals surface area (Å²) in [6, 6.07) is 14.7. The molecule has 1 aromatic heterocycles. The summed E-state index contributed by atoms with van der Waals surface area (Å²) in [5.74, 6) is -0.0229.